The van der Waals surface area contributed by atoms with Crippen molar-refractivity contribution in [3.8, 4) is 0 Å². The van der Waals surface area contributed by atoms with Crippen molar-refractivity contribution < 1.29 is 14.7 Å². The summed E-state index contributed by atoms with van der Waals surface area (Å²) in [5.74, 6) is 0.181. The quantitative estimate of drug-likeness (QED) is 0.603. The van der Waals surface area contributed by atoms with Crippen LogP contribution >= 0.6 is 0 Å². The molecule has 0 bridgehead atoms. The summed E-state index contributed by atoms with van der Waals surface area (Å²) in [6, 6.07) is -0.399. The minimum Gasteiger partial charge on any atom is -0.481 e. The lowest BCUT2D eigenvalue weighted by molar-refractivity contribution is -0.137. The Labute approximate surface area is 101 Å². The molecule has 2 rings (SSSR count). The predicted octanol–water partition coefficient (Wildman–Crippen LogP) is 0.483. The minimum atomic E-state index is -0.908. The van der Waals surface area contributed by atoms with E-state index in [1.807, 2.05) is 0 Å². The summed E-state index contributed by atoms with van der Waals surface area (Å²) in [6.45, 7) is 0. The third kappa shape index (κ3) is 3.70. The second-order valence-electron chi connectivity index (χ2n) is 5.25. The Morgan fingerprint density at radius 1 is 1.24 bits per heavy atom. The Morgan fingerprint density at radius 2 is 1.76 bits per heavy atom. The molecule has 5 heteroatoms. The molecule has 2 saturated carbocycles. The van der Waals surface area contributed by atoms with Crippen molar-refractivity contribution in [1.82, 2.24) is 5.32 Å². The summed E-state index contributed by atoms with van der Waals surface area (Å²) >= 11 is 0. The summed E-state index contributed by atoms with van der Waals surface area (Å²) in [7, 11) is 0. The predicted molar refractivity (Wildman–Crippen MR) is 62.2 cm³/mol. The molecule has 0 radical (unpaired) electrons. The van der Waals surface area contributed by atoms with E-state index in [0.29, 0.717) is 17.9 Å². The van der Waals surface area contributed by atoms with Crippen LogP contribution in [0, 0.1) is 11.8 Å². The number of carboxylic acid groups (broad SMARTS) is 1. The Kier molecular flexibility index (Phi) is 3.66. The van der Waals surface area contributed by atoms with Crippen molar-refractivity contribution in [2.24, 2.45) is 17.6 Å². The smallest absolute Gasteiger partial charge is 0.303 e. The fourth-order valence-corrected chi connectivity index (χ4v) is 2.21. The molecule has 1 amide bonds. The molecule has 0 aliphatic heterocycles. The average Bonchev–Trinajstić information content (AvgIpc) is 3.15. The highest BCUT2D eigenvalue weighted by Gasteiger charge is 2.42. The highest BCUT2D eigenvalue weighted by atomic mass is 16.4. The Hall–Kier alpha value is -1.10. The van der Waals surface area contributed by atoms with Gasteiger partial charge in [0, 0.05) is 12.5 Å². The number of amides is 1. The lowest BCUT2D eigenvalue weighted by Gasteiger charge is -2.20. The highest BCUT2D eigenvalue weighted by molar-refractivity contribution is 5.82. The van der Waals surface area contributed by atoms with Crippen LogP contribution in [0.5, 0.6) is 0 Å². The lowest BCUT2D eigenvalue weighted by atomic mass is 10.1. The van der Waals surface area contributed by atoms with Crippen LogP contribution in [0.2, 0.25) is 0 Å². The molecular weight excluding hydrogens is 220 g/mol. The van der Waals surface area contributed by atoms with E-state index in [0.717, 1.165) is 0 Å². The van der Waals surface area contributed by atoms with Crippen LogP contribution in [0.25, 0.3) is 0 Å². The maximum atomic E-state index is 11.8. The van der Waals surface area contributed by atoms with Gasteiger partial charge in [-0.25, -0.2) is 0 Å². The van der Waals surface area contributed by atoms with Crippen molar-refractivity contribution in [3.05, 3.63) is 0 Å². The van der Waals surface area contributed by atoms with Crippen molar-refractivity contribution >= 4 is 11.9 Å². The largest absolute Gasteiger partial charge is 0.481 e. The Morgan fingerprint density at radius 3 is 2.18 bits per heavy atom. The molecule has 2 aliphatic carbocycles. The van der Waals surface area contributed by atoms with Gasteiger partial charge < -0.3 is 16.2 Å². The topological polar surface area (TPSA) is 92.4 Å². The monoisotopic (exact) mass is 240 g/mol. The first-order chi connectivity index (χ1) is 8.08. The molecular formula is C12H20N2O3. The minimum absolute atomic E-state index is 0.0495. The molecule has 0 spiro atoms. The van der Waals surface area contributed by atoms with E-state index in [9.17, 15) is 9.59 Å². The Balaban J connectivity index is 1.76. The SMILES string of the molecule is NC(CCC(=O)O)C(=O)NC(C1CC1)C1CC1. The van der Waals surface area contributed by atoms with Crippen LogP contribution in [0.15, 0.2) is 0 Å². The maximum Gasteiger partial charge on any atom is 0.303 e. The third-order valence-electron chi connectivity index (χ3n) is 3.57. The summed E-state index contributed by atoms with van der Waals surface area (Å²) < 4.78 is 0. The number of nitrogens with two attached hydrogens (primary N) is 1. The van der Waals surface area contributed by atoms with Crippen LogP contribution < -0.4 is 11.1 Å². The fourth-order valence-electron chi connectivity index (χ4n) is 2.21. The van der Waals surface area contributed by atoms with E-state index in [1.165, 1.54) is 25.7 Å². The molecule has 1 atom stereocenters. The Bertz CT molecular complexity index is 299. The van der Waals surface area contributed by atoms with E-state index in [2.05, 4.69) is 5.32 Å². The van der Waals surface area contributed by atoms with E-state index in [4.69, 9.17) is 10.8 Å². The summed E-state index contributed by atoms with van der Waals surface area (Å²) in [4.78, 5) is 22.2. The number of hydrogen-bond donors (Lipinski definition) is 3. The standard InChI is InChI=1S/C12H20N2O3/c13-9(5-6-10(15)16)12(17)14-11(7-1-2-7)8-3-4-8/h7-9,11H,1-6,13H2,(H,14,17)(H,15,16). The van der Waals surface area contributed by atoms with E-state index >= 15 is 0 Å². The van der Waals surface area contributed by atoms with Crippen molar-refractivity contribution in [1.29, 1.82) is 0 Å². The van der Waals surface area contributed by atoms with Gasteiger partial charge in [-0.05, 0) is 43.9 Å². The zero-order chi connectivity index (χ0) is 12.4. The number of carbonyl (C=O) groups is 2. The lowest BCUT2D eigenvalue weighted by Crippen LogP contribution is -2.47. The molecule has 0 aromatic rings. The van der Waals surface area contributed by atoms with Gasteiger partial charge in [-0.1, -0.05) is 0 Å². The first kappa shape index (κ1) is 12.4. The molecule has 0 aromatic carbocycles. The van der Waals surface area contributed by atoms with Crippen LogP contribution in [0.1, 0.15) is 38.5 Å². The average molecular weight is 240 g/mol. The van der Waals surface area contributed by atoms with Crippen LogP contribution in [0.3, 0.4) is 0 Å². The number of aliphatic carboxylic acids is 1. The van der Waals surface area contributed by atoms with Crippen molar-refractivity contribution in [2.75, 3.05) is 0 Å². The van der Waals surface area contributed by atoms with Gasteiger partial charge >= 0.3 is 5.97 Å². The second kappa shape index (κ2) is 5.04. The maximum absolute atomic E-state index is 11.8. The fraction of sp³-hybridized carbons (Fsp3) is 0.833. The van der Waals surface area contributed by atoms with E-state index in [1.54, 1.807) is 0 Å². The molecule has 0 aromatic heterocycles. The molecule has 2 fully saturated rings. The van der Waals surface area contributed by atoms with Crippen LogP contribution in [0.4, 0.5) is 0 Å². The van der Waals surface area contributed by atoms with Gasteiger partial charge in [0.1, 0.15) is 0 Å². The molecule has 5 nitrogen and oxygen atoms in total. The van der Waals surface area contributed by atoms with Gasteiger partial charge in [0.25, 0.3) is 0 Å². The van der Waals surface area contributed by atoms with E-state index < -0.39 is 12.0 Å². The molecule has 4 N–H and O–H groups in total. The number of carboxylic acids is 1. The molecule has 0 heterocycles. The second-order valence-corrected chi connectivity index (χ2v) is 5.25. The van der Waals surface area contributed by atoms with Gasteiger partial charge in [0.05, 0.1) is 6.04 Å². The van der Waals surface area contributed by atoms with Gasteiger partial charge in [0.2, 0.25) is 5.91 Å². The molecule has 17 heavy (non-hydrogen) atoms. The number of carbonyl (C=O) groups excluding carboxylic acids is 1. The number of hydrogen-bond acceptors (Lipinski definition) is 3. The van der Waals surface area contributed by atoms with Crippen LogP contribution in [-0.4, -0.2) is 29.1 Å². The van der Waals surface area contributed by atoms with Gasteiger partial charge in [0.15, 0.2) is 0 Å². The number of nitrogens with one attached hydrogen (secondary N) is 1. The first-order valence-corrected chi connectivity index (χ1v) is 6.35. The third-order valence-corrected chi connectivity index (χ3v) is 3.57. The van der Waals surface area contributed by atoms with Crippen molar-refractivity contribution in [3.63, 3.8) is 0 Å². The first-order valence-electron chi connectivity index (χ1n) is 6.35. The molecule has 1 unspecified atom stereocenters. The van der Waals surface area contributed by atoms with Crippen molar-refractivity contribution in [2.45, 2.75) is 50.6 Å². The van der Waals surface area contributed by atoms with E-state index in [-0.39, 0.29) is 18.7 Å². The molecule has 96 valence electrons. The summed E-state index contributed by atoms with van der Waals surface area (Å²) in [6.07, 6.45) is 4.96. The molecule has 2 aliphatic rings. The normalized spacial score (nSPS) is 21.3. The highest BCUT2D eigenvalue weighted by Crippen LogP contribution is 2.44. The number of rotatable bonds is 7. The summed E-state index contributed by atoms with van der Waals surface area (Å²) in [5.41, 5.74) is 5.68. The van der Waals surface area contributed by atoms with Crippen LogP contribution in [-0.2, 0) is 9.59 Å². The van der Waals surface area contributed by atoms with Gasteiger partial charge in [-0.3, -0.25) is 9.59 Å². The zero-order valence-corrected chi connectivity index (χ0v) is 9.89. The molecule has 0 saturated heterocycles. The van der Waals surface area contributed by atoms with Gasteiger partial charge in [-0.15, -0.1) is 0 Å². The zero-order valence-electron chi connectivity index (χ0n) is 9.89. The van der Waals surface area contributed by atoms with Gasteiger partial charge in [-0.2, -0.15) is 0 Å². The summed E-state index contributed by atoms with van der Waals surface area (Å²) in [5, 5.41) is 11.5.